The Hall–Kier alpha value is -4.31. The topological polar surface area (TPSA) is 35.6 Å². The number of aryl methyl sites for hydroxylation is 3. The normalized spacial score (nSPS) is 11.2. The standard InChI is InChI=1S/C35H27N4.Ir/c1-23-11-4-5-14-28(23)35-37-36-34(39(35)33-24(2)12-10-13-25(33)3)26-19-21-27(22-20-26)38-31-17-8-6-15-29(31)30-16-7-9-18-32(30)38;/h4-19,21-22H,1-3H3;/q-1;. The largest absolute Gasteiger partial charge is 0.351 e. The van der Waals surface area contributed by atoms with Gasteiger partial charge >= 0.3 is 0 Å². The van der Waals surface area contributed by atoms with Crippen molar-refractivity contribution in [1.29, 1.82) is 0 Å². The summed E-state index contributed by atoms with van der Waals surface area (Å²) in [7, 11) is 0. The van der Waals surface area contributed by atoms with Crippen LogP contribution < -0.4 is 0 Å². The molecular formula is C35H27IrN4-. The second-order valence-corrected chi connectivity index (χ2v) is 10.1. The van der Waals surface area contributed by atoms with Gasteiger partial charge in [0, 0.05) is 53.2 Å². The van der Waals surface area contributed by atoms with Crippen LogP contribution in [0.1, 0.15) is 16.7 Å². The van der Waals surface area contributed by atoms with Crippen LogP contribution >= 0.6 is 0 Å². The van der Waals surface area contributed by atoms with Gasteiger partial charge in [0.1, 0.15) is 0 Å². The van der Waals surface area contributed by atoms with Gasteiger partial charge < -0.3 is 9.13 Å². The molecular weight excluding hydrogens is 669 g/mol. The van der Waals surface area contributed by atoms with Gasteiger partial charge in [-0.25, -0.2) is 0 Å². The van der Waals surface area contributed by atoms with Gasteiger partial charge in [0.05, 0.1) is 5.82 Å². The third-order valence-electron chi connectivity index (χ3n) is 7.59. The fourth-order valence-corrected chi connectivity index (χ4v) is 5.72. The summed E-state index contributed by atoms with van der Waals surface area (Å²) >= 11 is 0. The van der Waals surface area contributed by atoms with Crippen molar-refractivity contribution in [3.05, 3.63) is 132 Å². The van der Waals surface area contributed by atoms with E-state index in [9.17, 15) is 0 Å². The quantitative estimate of drug-likeness (QED) is 0.174. The predicted octanol–water partition coefficient (Wildman–Crippen LogP) is 8.42. The SMILES string of the molecule is Cc1ccccc1-c1nnc(-c2[c-]cc(-n3c4ccccc4c4ccccc43)cc2)n1-c1c(C)cccc1C.[Ir]. The van der Waals surface area contributed by atoms with E-state index < -0.39 is 0 Å². The maximum absolute atomic E-state index is 4.73. The Morgan fingerprint density at radius 2 is 1.12 bits per heavy atom. The van der Waals surface area contributed by atoms with Crippen LogP contribution in [0.25, 0.3) is 56.0 Å². The van der Waals surface area contributed by atoms with Crippen LogP contribution in [0.15, 0.2) is 109 Å². The van der Waals surface area contributed by atoms with Crippen molar-refractivity contribution in [3.63, 3.8) is 0 Å². The molecule has 0 fully saturated rings. The molecule has 40 heavy (non-hydrogen) atoms. The second kappa shape index (κ2) is 10.3. The minimum Gasteiger partial charge on any atom is -0.351 e. The molecule has 4 nitrogen and oxygen atoms in total. The molecule has 2 heterocycles. The molecule has 0 unspecified atom stereocenters. The molecule has 0 atom stereocenters. The minimum absolute atomic E-state index is 0. The van der Waals surface area contributed by atoms with Crippen molar-refractivity contribution >= 4 is 21.8 Å². The first-order chi connectivity index (χ1) is 19.1. The van der Waals surface area contributed by atoms with Gasteiger partial charge in [-0.2, -0.15) is 5.10 Å². The van der Waals surface area contributed by atoms with Crippen molar-refractivity contribution < 1.29 is 20.1 Å². The van der Waals surface area contributed by atoms with E-state index in [1.807, 2.05) is 0 Å². The number of fused-ring (bicyclic) bond motifs is 3. The summed E-state index contributed by atoms with van der Waals surface area (Å²) < 4.78 is 4.50. The maximum Gasteiger partial charge on any atom is 0.159 e. The van der Waals surface area contributed by atoms with Gasteiger partial charge in [-0.15, -0.1) is 34.9 Å². The number of aromatic nitrogens is 4. The summed E-state index contributed by atoms with van der Waals surface area (Å²) in [4.78, 5) is 0. The molecule has 0 amide bonds. The molecule has 7 aromatic rings. The molecule has 0 saturated carbocycles. The summed E-state index contributed by atoms with van der Waals surface area (Å²) in [6, 6.07) is 41.7. The van der Waals surface area contributed by atoms with Gasteiger partial charge in [0.2, 0.25) is 0 Å². The average molecular weight is 696 g/mol. The molecule has 197 valence electrons. The fourth-order valence-electron chi connectivity index (χ4n) is 5.72. The molecule has 5 aromatic carbocycles. The van der Waals surface area contributed by atoms with Crippen LogP contribution in [0.4, 0.5) is 0 Å². The maximum atomic E-state index is 4.73. The Kier molecular flexibility index (Phi) is 6.71. The van der Waals surface area contributed by atoms with Gasteiger partial charge in [-0.05, 0) is 55.3 Å². The first kappa shape index (κ1) is 25.9. The van der Waals surface area contributed by atoms with Crippen LogP contribution in [0, 0.1) is 26.8 Å². The molecule has 0 spiro atoms. The zero-order valence-corrected chi connectivity index (χ0v) is 24.9. The molecule has 0 aliphatic rings. The average Bonchev–Trinajstić information content (AvgIpc) is 3.53. The van der Waals surface area contributed by atoms with E-state index in [2.05, 4.69) is 145 Å². The molecule has 0 N–H and O–H groups in total. The van der Waals surface area contributed by atoms with Crippen LogP contribution in [-0.4, -0.2) is 19.3 Å². The molecule has 0 saturated heterocycles. The van der Waals surface area contributed by atoms with Crippen LogP contribution in [0.5, 0.6) is 0 Å². The van der Waals surface area contributed by atoms with E-state index in [0.29, 0.717) is 0 Å². The van der Waals surface area contributed by atoms with E-state index in [0.717, 1.165) is 39.7 Å². The number of para-hydroxylation sites is 3. The number of rotatable bonds is 4. The zero-order valence-electron chi connectivity index (χ0n) is 22.5. The fraction of sp³-hybridized carbons (Fsp3) is 0.0857. The number of hydrogen-bond donors (Lipinski definition) is 0. The van der Waals surface area contributed by atoms with Crippen molar-refractivity contribution in [2.24, 2.45) is 0 Å². The van der Waals surface area contributed by atoms with E-state index >= 15 is 0 Å². The summed E-state index contributed by atoms with van der Waals surface area (Å²) in [6.45, 7) is 6.40. The smallest absolute Gasteiger partial charge is 0.159 e. The van der Waals surface area contributed by atoms with Crippen LogP contribution in [0.2, 0.25) is 0 Å². The summed E-state index contributed by atoms with van der Waals surface area (Å²) in [5.41, 5.74) is 10.0. The molecule has 5 heteroatoms. The van der Waals surface area contributed by atoms with Crippen molar-refractivity contribution in [1.82, 2.24) is 19.3 Å². The van der Waals surface area contributed by atoms with Crippen molar-refractivity contribution in [2.75, 3.05) is 0 Å². The Morgan fingerprint density at radius 1 is 0.550 bits per heavy atom. The van der Waals surface area contributed by atoms with E-state index in [1.165, 1.54) is 32.9 Å². The molecule has 1 radical (unpaired) electrons. The Balaban J connectivity index is 0.00000289. The second-order valence-electron chi connectivity index (χ2n) is 10.1. The summed E-state index contributed by atoms with van der Waals surface area (Å²) in [5, 5.41) is 11.9. The first-order valence-electron chi connectivity index (χ1n) is 13.2. The Bertz CT molecular complexity index is 1920. The Labute approximate surface area is 247 Å². The van der Waals surface area contributed by atoms with Crippen molar-refractivity contribution in [3.8, 4) is 34.2 Å². The molecule has 0 aliphatic carbocycles. The van der Waals surface area contributed by atoms with E-state index in [-0.39, 0.29) is 20.1 Å². The summed E-state index contributed by atoms with van der Waals surface area (Å²) in [5.74, 6) is 1.61. The number of benzene rings is 5. The van der Waals surface area contributed by atoms with E-state index in [1.54, 1.807) is 0 Å². The van der Waals surface area contributed by atoms with Crippen LogP contribution in [-0.2, 0) is 20.1 Å². The van der Waals surface area contributed by atoms with Gasteiger partial charge in [0.15, 0.2) is 5.82 Å². The molecule has 7 rings (SSSR count). The monoisotopic (exact) mass is 696 g/mol. The van der Waals surface area contributed by atoms with Crippen LogP contribution in [0.3, 0.4) is 0 Å². The van der Waals surface area contributed by atoms with Gasteiger partial charge in [-0.3, -0.25) is 0 Å². The third-order valence-corrected chi connectivity index (χ3v) is 7.59. The van der Waals surface area contributed by atoms with Crippen molar-refractivity contribution in [2.45, 2.75) is 20.8 Å². The molecule has 2 aromatic heterocycles. The predicted molar refractivity (Wildman–Crippen MR) is 160 cm³/mol. The Morgan fingerprint density at radius 3 is 1.75 bits per heavy atom. The first-order valence-corrected chi connectivity index (χ1v) is 13.2. The van der Waals surface area contributed by atoms with Gasteiger partial charge in [-0.1, -0.05) is 78.9 Å². The number of hydrogen-bond acceptors (Lipinski definition) is 2. The zero-order chi connectivity index (χ0) is 26.5. The minimum atomic E-state index is 0. The van der Waals surface area contributed by atoms with Gasteiger partial charge in [0.25, 0.3) is 0 Å². The van der Waals surface area contributed by atoms with E-state index in [4.69, 9.17) is 10.2 Å². The number of nitrogens with zero attached hydrogens (tertiary/aromatic N) is 4. The third kappa shape index (κ3) is 4.10. The molecule has 0 aliphatic heterocycles. The molecule has 0 bridgehead atoms. The summed E-state index contributed by atoms with van der Waals surface area (Å²) in [6.07, 6.45) is 0.